The first-order chi connectivity index (χ1) is 40.6. The second-order valence-corrected chi connectivity index (χ2v) is 25.0. The SMILES string of the molecule is CCCCCCCCCC/C=C\CCCCCCCCCCCCCCCCCCCCCCCCCC(=O)NC(COC1OC(CO)C(OC2OC(CO)C(O)C(O)C2O)C(O)C1O)C(O)/C=C/CCCCCCCCCCCCCC. The van der Waals surface area contributed by atoms with Crippen molar-refractivity contribution in [3.8, 4) is 0 Å². The topological polar surface area (TPSA) is 228 Å². The summed E-state index contributed by atoms with van der Waals surface area (Å²) in [5.74, 6) is -0.233. The number of nitrogens with one attached hydrogen (secondary N) is 1. The van der Waals surface area contributed by atoms with Gasteiger partial charge >= 0.3 is 0 Å². The minimum atomic E-state index is -1.79. The summed E-state index contributed by atoms with van der Waals surface area (Å²) in [5, 5.41) is 87.2. The van der Waals surface area contributed by atoms with E-state index < -0.39 is 86.8 Å². The molecule has 14 nitrogen and oxygen atoms in total. The highest BCUT2D eigenvalue weighted by Gasteiger charge is 2.51. The second kappa shape index (κ2) is 54.6. The van der Waals surface area contributed by atoms with Crippen LogP contribution in [-0.4, -0.2) is 140 Å². The lowest BCUT2D eigenvalue weighted by atomic mass is 9.97. The van der Waals surface area contributed by atoms with Crippen molar-refractivity contribution in [3.05, 3.63) is 24.3 Å². The third-order valence-corrected chi connectivity index (χ3v) is 17.4. The standard InChI is InChI=1S/C69H131NO13/c1-3-5-7-9-11-13-15-17-19-20-21-22-23-24-25-26-27-28-29-30-31-32-33-34-35-36-37-38-39-41-43-45-47-49-51-53-61(74)70-57(58(73)52-50-48-46-44-42-40-18-16-14-12-10-8-6-4-2)56-80-68-66(79)64(77)67(60(55-72)82-68)83-69-65(78)63(76)62(75)59(54-71)81-69/h20-21,50,52,57-60,62-69,71-73,75-79H,3-19,22-49,51,53-56H2,1-2H3,(H,70,74)/b21-20-,52-50+. The Morgan fingerprint density at radius 3 is 1.14 bits per heavy atom. The molecule has 0 aromatic carbocycles. The Morgan fingerprint density at radius 1 is 0.422 bits per heavy atom. The van der Waals surface area contributed by atoms with E-state index in [1.54, 1.807) is 6.08 Å². The number of aliphatic hydroxyl groups is 8. The van der Waals surface area contributed by atoms with Crippen LogP contribution < -0.4 is 5.32 Å². The van der Waals surface area contributed by atoms with Crippen LogP contribution in [0, 0.1) is 0 Å². The Kier molecular flexibility index (Phi) is 51.0. The highest BCUT2D eigenvalue weighted by atomic mass is 16.7. The lowest BCUT2D eigenvalue weighted by molar-refractivity contribution is -0.359. The minimum Gasteiger partial charge on any atom is -0.394 e. The number of allylic oxidation sites excluding steroid dienone is 3. The molecule has 2 aliphatic rings. The molecular weight excluding hydrogens is 1050 g/mol. The Hall–Kier alpha value is -1.53. The van der Waals surface area contributed by atoms with Gasteiger partial charge in [-0.2, -0.15) is 0 Å². The summed E-state index contributed by atoms with van der Waals surface area (Å²) in [4.78, 5) is 13.3. The summed E-state index contributed by atoms with van der Waals surface area (Å²) in [6.07, 6.45) is 51.1. The van der Waals surface area contributed by atoms with Crippen molar-refractivity contribution < 1.29 is 64.6 Å². The van der Waals surface area contributed by atoms with E-state index in [1.807, 2.05) is 6.08 Å². The van der Waals surface area contributed by atoms with Gasteiger partial charge in [0.25, 0.3) is 0 Å². The zero-order valence-electron chi connectivity index (χ0n) is 53.2. The van der Waals surface area contributed by atoms with E-state index in [0.717, 1.165) is 38.5 Å². The van der Waals surface area contributed by atoms with E-state index in [4.69, 9.17) is 18.9 Å². The second-order valence-electron chi connectivity index (χ2n) is 25.0. The summed E-state index contributed by atoms with van der Waals surface area (Å²) in [6, 6.07) is -0.911. The van der Waals surface area contributed by atoms with Crippen LogP contribution in [0.2, 0.25) is 0 Å². The maximum Gasteiger partial charge on any atom is 0.220 e. The zero-order chi connectivity index (χ0) is 60.2. The van der Waals surface area contributed by atoms with Gasteiger partial charge in [0.15, 0.2) is 12.6 Å². The Bertz CT molecular complexity index is 1490. The summed E-state index contributed by atoms with van der Waals surface area (Å²) >= 11 is 0. The van der Waals surface area contributed by atoms with Crippen LogP contribution in [0.1, 0.15) is 316 Å². The van der Waals surface area contributed by atoms with E-state index in [2.05, 4.69) is 31.3 Å². The van der Waals surface area contributed by atoms with Gasteiger partial charge in [-0.25, -0.2) is 0 Å². The van der Waals surface area contributed by atoms with Crippen LogP contribution in [0.3, 0.4) is 0 Å². The number of hydrogen-bond donors (Lipinski definition) is 9. The first kappa shape index (κ1) is 77.6. The number of ether oxygens (including phenoxy) is 4. The van der Waals surface area contributed by atoms with Crippen LogP contribution in [0.5, 0.6) is 0 Å². The van der Waals surface area contributed by atoms with E-state index in [-0.39, 0.29) is 18.9 Å². The molecular formula is C69H131NO13. The van der Waals surface area contributed by atoms with Gasteiger partial charge in [-0.1, -0.05) is 289 Å². The Labute approximate surface area is 507 Å². The van der Waals surface area contributed by atoms with Crippen molar-refractivity contribution in [2.45, 2.75) is 389 Å². The first-order valence-electron chi connectivity index (χ1n) is 35.1. The van der Waals surface area contributed by atoms with Crippen molar-refractivity contribution >= 4 is 5.91 Å². The van der Waals surface area contributed by atoms with Crippen LogP contribution >= 0.6 is 0 Å². The number of hydrogen-bond acceptors (Lipinski definition) is 13. The lowest BCUT2D eigenvalue weighted by Crippen LogP contribution is -2.65. The highest BCUT2D eigenvalue weighted by molar-refractivity contribution is 5.76. The van der Waals surface area contributed by atoms with Crippen molar-refractivity contribution in [1.82, 2.24) is 5.32 Å². The third-order valence-electron chi connectivity index (χ3n) is 17.4. The predicted octanol–water partition coefficient (Wildman–Crippen LogP) is 14.0. The van der Waals surface area contributed by atoms with Gasteiger partial charge in [-0.3, -0.25) is 4.79 Å². The van der Waals surface area contributed by atoms with Crippen LogP contribution in [0.15, 0.2) is 24.3 Å². The van der Waals surface area contributed by atoms with Crippen molar-refractivity contribution in [1.29, 1.82) is 0 Å². The van der Waals surface area contributed by atoms with E-state index in [1.165, 1.54) is 250 Å². The smallest absolute Gasteiger partial charge is 0.220 e. The summed E-state index contributed by atoms with van der Waals surface area (Å²) < 4.78 is 22.8. The van der Waals surface area contributed by atoms with Gasteiger partial charge in [-0.15, -0.1) is 0 Å². The van der Waals surface area contributed by atoms with Crippen molar-refractivity contribution in [3.63, 3.8) is 0 Å². The molecule has 9 N–H and O–H groups in total. The molecule has 2 aliphatic heterocycles. The van der Waals surface area contributed by atoms with Gasteiger partial charge in [-0.05, 0) is 44.9 Å². The average Bonchev–Trinajstić information content (AvgIpc) is 3.64. The van der Waals surface area contributed by atoms with Crippen molar-refractivity contribution in [2.75, 3.05) is 19.8 Å². The summed E-state index contributed by atoms with van der Waals surface area (Å²) in [7, 11) is 0. The molecule has 14 heteroatoms. The van der Waals surface area contributed by atoms with Crippen molar-refractivity contribution in [2.24, 2.45) is 0 Å². The monoisotopic (exact) mass is 1180 g/mol. The first-order valence-corrected chi connectivity index (χ1v) is 35.1. The molecule has 0 saturated carbocycles. The third kappa shape index (κ3) is 39.2. The molecule has 0 spiro atoms. The molecule has 1 amide bonds. The molecule has 0 bridgehead atoms. The number of rotatable bonds is 58. The number of unbranched alkanes of at least 4 members (excludes halogenated alkanes) is 43. The van der Waals surface area contributed by atoms with Gasteiger partial charge in [0.2, 0.25) is 5.91 Å². The van der Waals surface area contributed by atoms with Gasteiger partial charge in [0.05, 0.1) is 32.0 Å². The quantitative estimate of drug-likeness (QED) is 0.0204. The minimum absolute atomic E-state index is 0.233. The average molecular weight is 1180 g/mol. The predicted molar refractivity (Wildman–Crippen MR) is 337 cm³/mol. The maximum atomic E-state index is 13.3. The zero-order valence-corrected chi connectivity index (χ0v) is 53.2. The van der Waals surface area contributed by atoms with Crippen LogP contribution in [0.25, 0.3) is 0 Å². The molecule has 0 aromatic heterocycles. The summed E-state index contributed by atoms with van der Waals surface area (Å²) in [5.41, 5.74) is 0. The molecule has 0 aromatic rings. The highest BCUT2D eigenvalue weighted by Crippen LogP contribution is 2.30. The number of carbonyl (C=O) groups excluding carboxylic acids is 1. The molecule has 2 heterocycles. The fraction of sp³-hybridized carbons (Fsp3) is 0.928. The van der Waals surface area contributed by atoms with E-state index >= 15 is 0 Å². The molecule has 12 unspecified atom stereocenters. The molecule has 2 fully saturated rings. The van der Waals surface area contributed by atoms with Crippen LogP contribution in [0.4, 0.5) is 0 Å². The fourth-order valence-electron chi connectivity index (χ4n) is 11.8. The molecule has 2 saturated heterocycles. The van der Waals surface area contributed by atoms with E-state index in [0.29, 0.717) is 6.42 Å². The molecule has 0 radical (unpaired) electrons. The van der Waals surface area contributed by atoms with Gasteiger partial charge in [0, 0.05) is 6.42 Å². The Morgan fingerprint density at radius 2 is 0.759 bits per heavy atom. The largest absolute Gasteiger partial charge is 0.394 e. The normalized spacial score (nSPS) is 23.9. The van der Waals surface area contributed by atoms with Gasteiger partial charge in [0.1, 0.15) is 48.8 Å². The number of aliphatic hydroxyl groups excluding tert-OH is 8. The molecule has 12 atom stereocenters. The Balaban J connectivity index is 1.59. The summed E-state index contributed by atoms with van der Waals surface area (Å²) in [6.45, 7) is 2.83. The molecule has 0 aliphatic carbocycles. The molecule has 83 heavy (non-hydrogen) atoms. The maximum absolute atomic E-state index is 13.3. The number of amides is 1. The van der Waals surface area contributed by atoms with Crippen LogP contribution in [-0.2, 0) is 23.7 Å². The van der Waals surface area contributed by atoms with E-state index in [9.17, 15) is 45.6 Å². The molecule has 490 valence electrons. The lowest BCUT2D eigenvalue weighted by Gasteiger charge is -2.46. The number of carbonyl (C=O) groups is 1. The van der Waals surface area contributed by atoms with Gasteiger partial charge < -0.3 is 65.1 Å². The fourth-order valence-corrected chi connectivity index (χ4v) is 11.8. The molecule has 2 rings (SSSR count).